The first-order chi connectivity index (χ1) is 6.28. The number of sulfone groups is 1. The van der Waals surface area contributed by atoms with Crippen LogP contribution < -0.4 is 4.72 Å². The van der Waals surface area contributed by atoms with E-state index in [1.807, 2.05) is 0 Å². The minimum Gasteiger partial charge on any atom is -0.228 e. The molecule has 84 valence electrons. The Hall–Kier alpha value is -0.140. The maximum atomic E-state index is 11.3. The molecule has 1 rings (SSSR count). The van der Waals surface area contributed by atoms with Crippen LogP contribution in [0.25, 0.3) is 0 Å². The molecule has 2 unspecified atom stereocenters. The van der Waals surface area contributed by atoms with Crippen LogP contribution in [0.4, 0.5) is 0 Å². The molecule has 0 amide bonds. The standard InChI is InChI=1S/C7H15NO4S2/c1-3-14(11,12)8-7-4-5-13(9,10)6(7)2/h6-8H,3-5H2,1-2H3. The summed E-state index contributed by atoms with van der Waals surface area (Å²) in [6.07, 6.45) is 0.378. The van der Waals surface area contributed by atoms with Gasteiger partial charge < -0.3 is 0 Å². The molecule has 7 heteroatoms. The van der Waals surface area contributed by atoms with Gasteiger partial charge in [0, 0.05) is 6.04 Å². The molecular weight excluding hydrogens is 226 g/mol. The normalized spacial score (nSPS) is 31.9. The summed E-state index contributed by atoms with van der Waals surface area (Å²) in [7, 11) is -6.38. The number of rotatable bonds is 3. The molecule has 0 aromatic carbocycles. The maximum Gasteiger partial charge on any atom is 0.211 e. The summed E-state index contributed by atoms with van der Waals surface area (Å²) in [6, 6.07) is -0.454. The van der Waals surface area contributed by atoms with Gasteiger partial charge in [0.05, 0.1) is 16.8 Å². The third-order valence-corrected chi connectivity index (χ3v) is 6.25. The number of hydrogen-bond donors (Lipinski definition) is 1. The van der Waals surface area contributed by atoms with E-state index in [0.717, 1.165) is 0 Å². The van der Waals surface area contributed by atoms with Gasteiger partial charge >= 0.3 is 0 Å². The molecule has 1 aliphatic heterocycles. The van der Waals surface area contributed by atoms with Crippen molar-refractivity contribution in [2.24, 2.45) is 0 Å². The maximum absolute atomic E-state index is 11.3. The molecule has 5 nitrogen and oxygen atoms in total. The first-order valence-corrected chi connectivity index (χ1v) is 7.87. The first kappa shape index (κ1) is 11.9. The number of sulfonamides is 1. The fraction of sp³-hybridized carbons (Fsp3) is 1.00. The van der Waals surface area contributed by atoms with Crippen LogP contribution in [0.15, 0.2) is 0 Å². The minimum atomic E-state index is -3.30. The third-order valence-electron chi connectivity index (χ3n) is 2.56. The van der Waals surface area contributed by atoms with Crippen LogP contribution in [0.1, 0.15) is 20.3 Å². The molecule has 0 aliphatic carbocycles. The van der Waals surface area contributed by atoms with Crippen molar-refractivity contribution in [2.75, 3.05) is 11.5 Å². The second-order valence-electron chi connectivity index (χ2n) is 3.49. The van der Waals surface area contributed by atoms with Gasteiger partial charge in [-0.25, -0.2) is 21.6 Å². The van der Waals surface area contributed by atoms with Gasteiger partial charge in [-0.2, -0.15) is 0 Å². The Morgan fingerprint density at radius 1 is 1.43 bits per heavy atom. The van der Waals surface area contributed by atoms with E-state index in [0.29, 0.717) is 6.42 Å². The molecule has 2 atom stereocenters. The summed E-state index contributed by atoms with van der Waals surface area (Å²) in [4.78, 5) is 0. The van der Waals surface area contributed by atoms with E-state index in [4.69, 9.17) is 0 Å². The molecule has 1 saturated heterocycles. The van der Waals surface area contributed by atoms with Gasteiger partial charge in [0.1, 0.15) is 0 Å². The highest BCUT2D eigenvalue weighted by Crippen LogP contribution is 2.20. The largest absolute Gasteiger partial charge is 0.228 e. The summed E-state index contributed by atoms with van der Waals surface area (Å²) in [5, 5.41) is -0.608. The van der Waals surface area contributed by atoms with Crippen LogP contribution in [-0.4, -0.2) is 39.6 Å². The van der Waals surface area contributed by atoms with Crippen molar-refractivity contribution < 1.29 is 16.8 Å². The third kappa shape index (κ3) is 2.46. The van der Waals surface area contributed by atoms with Gasteiger partial charge in [0.25, 0.3) is 0 Å². The van der Waals surface area contributed by atoms with E-state index < -0.39 is 31.2 Å². The zero-order valence-corrected chi connectivity index (χ0v) is 9.86. The Balaban J connectivity index is 2.76. The smallest absolute Gasteiger partial charge is 0.211 e. The lowest BCUT2D eigenvalue weighted by Crippen LogP contribution is -2.41. The van der Waals surface area contributed by atoms with Gasteiger partial charge in [-0.1, -0.05) is 0 Å². The highest BCUT2D eigenvalue weighted by atomic mass is 32.2. The molecule has 0 aromatic heterocycles. The number of hydrogen-bond acceptors (Lipinski definition) is 4. The highest BCUT2D eigenvalue weighted by molar-refractivity contribution is 7.92. The van der Waals surface area contributed by atoms with Gasteiger partial charge in [0.2, 0.25) is 10.0 Å². The van der Waals surface area contributed by atoms with E-state index in [-0.39, 0.29) is 11.5 Å². The van der Waals surface area contributed by atoms with Gasteiger partial charge in [-0.3, -0.25) is 0 Å². The Morgan fingerprint density at radius 2 is 2.00 bits per heavy atom. The quantitative estimate of drug-likeness (QED) is 0.722. The highest BCUT2D eigenvalue weighted by Gasteiger charge is 2.38. The van der Waals surface area contributed by atoms with E-state index in [1.54, 1.807) is 6.92 Å². The zero-order valence-electron chi connectivity index (χ0n) is 8.23. The van der Waals surface area contributed by atoms with Crippen molar-refractivity contribution in [2.45, 2.75) is 31.6 Å². The fourth-order valence-electron chi connectivity index (χ4n) is 1.43. The van der Waals surface area contributed by atoms with Crippen LogP contribution in [0, 0.1) is 0 Å². The van der Waals surface area contributed by atoms with Gasteiger partial charge in [-0.05, 0) is 20.3 Å². The summed E-state index contributed by atoms with van der Waals surface area (Å²) < 4.78 is 47.4. The predicted molar refractivity (Wildman–Crippen MR) is 54.3 cm³/mol. The van der Waals surface area contributed by atoms with E-state index >= 15 is 0 Å². The van der Waals surface area contributed by atoms with Crippen LogP contribution in [0.2, 0.25) is 0 Å². The van der Waals surface area contributed by atoms with Crippen molar-refractivity contribution in [1.82, 2.24) is 4.72 Å². The SMILES string of the molecule is CCS(=O)(=O)NC1CCS(=O)(=O)C1C. The Morgan fingerprint density at radius 3 is 2.36 bits per heavy atom. The van der Waals surface area contributed by atoms with Gasteiger partial charge in [-0.15, -0.1) is 0 Å². The molecular formula is C7H15NO4S2. The molecule has 0 bridgehead atoms. The molecule has 1 N–H and O–H groups in total. The van der Waals surface area contributed by atoms with E-state index in [9.17, 15) is 16.8 Å². The Bertz CT molecular complexity index is 397. The van der Waals surface area contributed by atoms with Crippen molar-refractivity contribution in [3.8, 4) is 0 Å². The molecule has 0 radical (unpaired) electrons. The molecule has 0 spiro atoms. The topological polar surface area (TPSA) is 80.3 Å². The Labute approximate surface area is 84.9 Å². The second kappa shape index (κ2) is 3.79. The van der Waals surface area contributed by atoms with Gasteiger partial charge in [0.15, 0.2) is 9.84 Å². The summed E-state index contributed by atoms with van der Waals surface area (Å²) in [5.74, 6) is 0.0569. The van der Waals surface area contributed by atoms with E-state index in [2.05, 4.69) is 4.72 Å². The summed E-state index contributed by atoms with van der Waals surface area (Å²) in [6.45, 7) is 3.07. The van der Waals surface area contributed by atoms with Crippen molar-refractivity contribution in [3.05, 3.63) is 0 Å². The van der Waals surface area contributed by atoms with Crippen LogP contribution in [-0.2, 0) is 19.9 Å². The molecule has 0 saturated carbocycles. The van der Waals surface area contributed by atoms with E-state index in [1.165, 1.54) is 6.92 Å². The molecule has 1 aliphatic rings. The first-order valence-electron chi connectivity index (χ1n) is 4.50. The summed E-state index contributed by atoms with van der Waals surface area (Å²) in [5.41, 5.74) is 0. The average Bonchev–Trinajstić information content (AvgIpc) is 2.32. The van der Waals surface area contributed by atoms with Crippen molar-refractivity contribution in [1.29, 1.82) is 0 Å². The lowest BCUT2D eigenvalue weighted by atomic mass is 10.2. The van der Waals surface area contributed by atoms with Crippen LogP contribution >= 0.6 is 0 Å². The lowest BCUT2D eigenvalue weighted by Gasteiger charge is -2.15. The average molecular weight is 241 g/mol. The molecule has 1 fully saturated rings. The molecule has 1 heterocycles. The van der Waals surface area contributed by atoms with Crippen LogP contribution in [0.3, 0.4) is 0 Å². The minimum absolute atomic E-state index is 0.0176. The predicted octanol–water partition coefficient (Wildman–Crippen LogP) is -0.499. The fourth-order valence-corrected chi connectivity index (χ4v) is 4.13. The van der Waals surface area contributed by atoms with Crippen molar-refractivity contribution >= 4 is 19.9 Å². The second-order valence-corrected chi connectivity index (χ2v) is 8.01. The zero-order chi connectivity index (χ0) is 11.0. The lowest BCUT2D eigenvalue weighted by molar-refractivity contribution is 0.542. The Kier molecular flexibility index (Phi) is 3.23. The molecule has 14 heavy (non-hydrogen) atoms. The molecule has 0 aromatic rings. The van der Waals surface area contributed by atoms with Crippen LogP contribution in [0.5, 0.6) is 0 Å². The van der Waals surface area contributed by atoms with Crippen molar-refractivity contribution in [3.63, 3.8) is 0 Å². The number of nitrogens with one attached hydrogen (secondary N) is 1. The summed E-state index contributed by atoms with van der Waals surface area (Å²) >= 11 is 0. The monoisotopic (exact) mass is 241 g/mol.